The van der Waals surface area contributed by atoms with E-state index in [4.69, 9.17) is 4.74 Å². The van der Waals surface area contributed by atoms with Crippen molar-refractivity contribution in [3.8, 4) is 0 Å². The van der Waals surface area contributed by atoms with Gasteiger partial charge in [-0.25, -0.2) is 0 Å². The minimum absolute atomic E-state index is 0.107. The van der Waals surface area contributed by atoms with Gasteiger partial charge in [0.05, 0.1) is 0 Å². The topological polar surface area (TPSA) is 26.3 Å². The van der Waals surface area contributed by atoms with Crippen LogP contribution >= 0.6 is 0 Å². The predicted molar refractivity (Wildman–Crippen MR) is 94.0 cm³/mol. The van der Waals surface area contributed by atoms with Crippen LogP contribution < -0.4 is 0 Å². The zero-order valence-electron chi connectivity index (χ0n) is 15.2. The summed E-state index contributed by atoms with van der Waals surface area (Å²) in [5.74, 6) is 2.14. The minimum Gasteiger partial charge on any atom is -0.462 e. The van der Waals surface area contributed by atoms with Crippen LogP contribution in [0.2, 0.25) is 0 Å². The Labute approximate surface area is 141 Å². The van der Waals surface area contributed by atoms with E-state index in [2.05, 4.69) is 32.9 Å². The molecule has 0 spiro atoms. The van der Waals surface area contributed by atoms with Gasteiger partial charge in [0, 0.05) is 12.3 Å². The third kappa shape index (κ3) is 2.79. The smallest absolute Gasteiger partial charge is 0.302 e. The molecule has 3 fully saturated rings. The van der Waals surface area contributed by atoms with Crippen LogP contribution in [0.25, 0.3) is 0 Å². The monoisotopic (exact) mass is 316 g/mol. The van der Waals surface area contributed by atoms with Crippen molar-refractivity contribution >= 4 is 5.97 Å². The van der Waals surface area contributed by atoms with Gasteiger partial charge in [-0.3, -0.25) is 4.79 Å². The SMILES string of the molecule is C/C=C1\C(=C/CC)CCC2C1CCC1(C)C(OC(C)=O)CCC21. The van der Waals surface area contributed by atoms with Crippen molar-refractivity contribution in [2.75, 3.05) is 0 Å². The van der Waals surface area contributed by atoms with Crippen LogP contribution in [0.5, 0.6) is 0 Å². The number of carbonyl (C=O) groups excluding carboxylic acids is 1. The van der Waals surface area contributed by atoms with Crippen molar-refractivity contribution in [1.29, 1.82) is 0 Å². The van der Waals surface area contributed by atoms with Crippen LogP contribution in [0.15, 0.2) is 23.3 Å². The second-order valence-corrected chi connectivity index (χ2v) is 8.02. The molecule has 2 nitrogen and oxygen atoms in total. The molecule has 23 heavy (non-hydrogen) atoms. The molecular formula is C21H32O2. The summed E-state index contributed by atoms with van der Waals surface area (Å²) in [5, 5.41) is 0. The third-order valence-corrected chi connectivity index (χ3v) is 6.94. The standard InChI is InChI=1S/C21H32O2/c1-5-7-15-8-9-18-17(16(15)6-2)12-13-21(4)19(18)10-11-20(21)23-14(3)22/h6-7,17-20H,5,8-13H2,1-4H3/b15-7-,16-6+. The molecule has 3 saturated carbocycles. The Hall–Kier alpha value is -1.05. The van der Waals surface area contributed by atoms with E-state index >= 15 is 0 Å². The van der Waals surface area contributed by atoms with Crippen LogP contribution in [0, 0.1) is 23.2 Å². The van der Waals surface area contributed by atoms with E-state index in [9.17, 15) is 4.79 Å². The first-order chi connectivity index (χ1) is 11.0. The maximum absolute atomic E-state index is 11.5. The van der Waals surface area contributed by atoms with E-state index in [-0.39, 0.29) is 17.5 Å². The summed E-state index contributed by atoms with van der Waals surface area (Å²) in [6.45, 7) is 8.40. The average Bonchev–Trinajstić information content (AvgIpc) is 2.84. The molecule has 2 heteroatoms. The number of allylic oxidation sites excluding steroid dienone is 4. The number of carbonyl (C=O) groups is 1. The number of ether oxygens (including phenoxy) is 1. The quantitative estimate of drug-likeness (QED) is 0.634. The van der Waals surface area contributed by atoms with Crippen molar-refractivity contribution in [2.45, 2.75) is 78.7 Å². The van der Waals surface area contributed by atoms with Gasteiger partial charge in [0.1, 0.15) is 6.10 Å². The van der Waals surface area contributed by atoms with Gasteiger partial charge in [-0.15, -0.1) is 0 Å². The van der Waals surface area contributed by atoms with Crippen molar-refractivity contribution in [3.05, 3.63) is 23.3 Å². The van der Waals surface area contributed by atoms with Crippen LogP contribution in [-0.4, -0.2) is 12.1 Å². The molecule has 0 bridgehead atoms. The first-order valence-corrected chi connectivity index (χ1v) is 9.54. The molecule has 3 aliphatic carbocycles. The zero-order valence-corrected chi connectivity index (χ0v) is 15.2. The first kappa shape index (κ1) is 16.8. The first-order valence-electron chi connectivity index (χ1n) is 9.54. The lowest BCUT2D eigenvalue weighted by atomic mass is 9.54. The van der Waals surface area contributed by atoms with Gasteiger partial charge < -0.3 is 4.74 Å². The van der Waals surface area contributed by atoms with Gasteiger partial charge in [-0.2, -0.15) is 0 Å². The molecule has 3 aliphatic rings. The third-order valence-electron chi connectivity index (χ3n) is 6.94. The number of rotatable bonds is 2. The van der Waals surface area contributed by atoms with Gasteiger partial charge in [0.2, 0.25) is 0 Å². The summed E-state index contributed by atoms with van der Waals surface area (Å²) >= 11 is 0. The molecule has 128 valence electrons. The molecule has 0 aromatic heterocycles. The van der Waals surface area contributed by atoms with E-state index < -0.39 is 0 Å². The Morgan fingerprint density at radius 2 is 2.09 bits per heavy atom. The fourth-order valence-corrected chi connectivity index (χ4v) is 5.99. The van der Waals surface area contributed by atoms with Crippen LogP contribution in [0.1, 0.15) is 72.6 Å². The zero-order chi connectivity index (χ0) is 16.6. The molecule has 0 aromatic carbocycles. The van der Waals surface area contributed by atoms with E-state index in [0.29, 0.717) is 0 Å². The van der Waals surface area contributed by atoms with E-state index in [1.807, 2.05) is 0 Å². The molecule has 5 unspecified atom stereocenters. The Bertz CT molecular complexity index is 530. The summed E-state index contributed by atoms with van der Waals surface area (Å²) < 4.78 is 5.71. The lowest BCUT2D eigenvalue weighted by Crippen LogP contribution is -2.46. The van der Waals surface area contributed by atoms with E-state index in [1.165, 1.54) is 32.1 Å². The fourth-order valence-electron chi connectivity index (χ4n) is 5.99. The molecule has 0 N–H and O–H groups in total. The Morgan fingerprint density at radius 1 is 1.30 bits per heavy atom. The maximum Gasteiger partial charge on any atom is 0.302 e. The molecule has 0 aliphatic heterocycles. The summed E-state index contributed by atoms with van der Waals surface area (Å²) in [5.41, 5.74) is 3.44. The summed E-state index contributed by atoms with van der Waals surface area (Å²) in [6, 6.07) is 0. The highest BCUT2D eigenvalue weighted by molar-refractivity contribution is 5.66. The molecule has 0 amide bonds. The van der Waals surface area contributed by atoms with Crippen LogP contribution in [0.4, 0.5) is 0 Å². The summed E-state index contributed by atoms with van der Waals surface area (Å²) in [6.07, 6.45) is 13.4. The highest BCUT2D eigenvalue weighted by Gasteiger charge is 2.56. The van der Waals surface area contributed by atoms with Gasteiger partial charge >= 0.3 is 5.97 Å². The van der Waals surface area contributed by atoms with Gasteiger partial charge in [0.25, 0.3) is 0 Å². The normalized spacial score (nSPS) is 43.3. The largest absolute Gasteiger partial charge is 0.462 e. The number of hydrogen-bond donors (Lipinski definition) is 0. The highest BCUT2D eigenvalue weighted by Crippen LogP contribution is 2.61. The molecule has 0 saturated heterocycles. The highest BCUT2D eigenvalue weighted by atomic mass is 16.5. The lowest BCUT2D eigenvalue weighted by molar-refractivity contribution is -0.155. The molecule has 5 atom stereocenters. The molecular weight excluding hydrogens is 284 g/mol. The number of hydrogen-bond acceptors (Lipinski definition) is 2. The molecule has 0 radical (unpaired) electrons. The van der Waals surface area contributed by atoms with E-state index in [1.54, 1.807) is 18.1 Å². The molecule has 0 heterocycles. The van der Waals surface area contributed by atoms with Gasteiger partial charge in [-0.05, 0) is 80.8 Å². The average molecular weight is 316 g/mol. The fraction of sp³-hybridized carbons (Fsp3) is 0.762. The number of esters is 1. The van der Waals surface area contributed by atoms with Crippen molar-refractivity contribution < 1.29 is 9.53 Å². The van der Waals surface area contributed by atoms with Crippen LogP contribution in [0.3, 0.4) is 0 Å². The van der Waals surface area contributed by atoms with Gasteiger partial charge in [-0.1, -0.05) is 26.0 Å². The number of fused-ring (bicyclic) bond motifs is 3. The molecule has 3 rings (SSSR count). The van der Waals surface area contributed by atoms with Crippen molar-refractivity contribution in [3.63, 3.8) is 0 Å². The van der Waals surface area contributed by atoms with Crippen LogP contribution in [-0.2, 0) is 9.53 Å². The Kier molecular flexibility index (Phi) is 4.71. The second kappa shape index (κ2) is 6.45. The summed E-state index contributed by atoms with van der Waals surface area (Å²) in [4.78, 5) is 11.5. The second-order valence-electron chi connectivity index (χ2n) is 8.02. The van der Waals surface area contributed by atoms with Gasteiger partial charge in [0.15, 0.2) is 0 Å². The molecule has 0 aromatic rings. The summed E-state index contributed by atoms with van der Waals surface area (Å²) in [7, 11) is 0. The van der Waals surface area contributed by atoms with E-state index in [0.717, 1.165) is 30.6 Å². The Balaban J connectivity index is 1.84. The maximum atomic E-state index is 11.5. The lowest BCUT2D eigenvalue weighted by Gasteiger charge is -2.51. The Morgan fingerprint density at radius 3 is 2.74 bits per heavy atom. The minimum atomic E-state index is -0.107. The van der Waals surface area contributed by atoms with Crippen molar-refractivity contribution in [1.82, 2.24) is 0 Å². The predicted octanol–water partition coefficient (Wildman–Crippen LogP) is 5.44. The van der Waals surface area contributed by atoms with Crippen molar-refractivity contribution in [2.24, 2.45) is 23.2 Å².